The van der Waals surface area contributed by atoms with Gasteiger partial charge in [-0.1, -0.05) is 36.4 Å². The molecule has 1 aliphatic rings. The Morgan fingerprint density at radius 3 is 2.73 bits per heavy atom. The van der Waals surface area contributed by atoms with Crippen LogP contribution in [0.4, 0.5) is 11.5 Å². The number of rotatable bonds is 10. The van der Waals surface area contributed by atoms with Crippen molar-refractivity contribution in [1.82, 2.24) is 14.9 Å². The molecule has 33 heavy (non-hydrogen) atoms. The van der Waals surface area contributed by atoms with Gasteiger partial charge in [0.2, 0.25) is 5.91 Å². The molecule has 172 valence electrons. The minimum atomic E-state index is -0.198. The van der Waals surface area contributed by atoms with Crippen LogP contribution in [0.2, 0.25) is 0 Å². The van der Waals surface area contributed by atoms with Crippen molar-refractivity contribution >= 4 is 28.3 Å². The molecule has 0 spiro atoms. The number of hydrogen-bond acceptors (Lipinski definition) is 6. The minimum absolute atomic E-state index is 0.0575. The molecule has 7 heteroatoms. The normalized spacial score (nSPS) is 14.5. The number of aromatic nitrogens is 2. The molecule has 0 aliphatic heterocycles. The van der Waals surface area contributed by atoms with Crippen LogP contribution >= 0.6 is 0 Å². The van der Waals surface area contributed by atoms with Crippen molar-refractivity contribution in [2.75, 3.05) is 37.9 Å². The molecular weight excluding hydrogens is 414 g/mol. The summed E-state index contributed by atoms with van der Waals surface area (Å²) in [7, 11) is 3.92. The van der Waals surface area contributed by atoms with Crippen molar-refractivity contribution in [3.05, 3.63) is 66.5 Å². The molecule has 1 saturated carbocycles. The van der Waals surface area contributed by atoms with E-state index in [1.807, 2.05) is 55.4 Å². The number of anilines is 2. The van der Waals surface area contributed by atoms with Crippen LogP contribution in [-0.4, -0.2) is 48.0 Å². The van der Waals surface area contributed by atoms with E-state index in [1.54, 1.807) is 12.4 Å². The summed E-state index contributed by atoms with van der Waals surface area (Å²) >= 11 is 0. The number of carbonyl (C=O) groups is 1. The van der Waals surface area contributed by atoms with E-state index in [0.29, 0.717) is 36.3 Å². The third-order valence-corrected chi connectivity index (χ3v) is 5.56. The Labute approximate surface area is 194 Å². The molecule has 2 aromatic carbocycles. The lowest BCUT2D eigenvalue weighted by molar-refractivity contribution is -0.111. The number of hydrogen-bond donors (Lipinski definition) is 2. The molecule has 2 N–H and O–H groups in total. The largest absolute Gasteiger partial charge is 0.491 e. The lowest BCUT2D eigenvalue weighted by Crippen LogP contribution is -2.14. The van der Waals surface area contributed by atoms with E-state index < -0.39 is 0 Å². The second kappa shape index (κ2) is 10.4. The van der Waals surface area contributed by atoms with Gasteiger partial charge in [0.15, 0.2) is 0 Å². The van der Waals surface area contributed by atoms with Crippen LogP contribution in [-0.2, 0) is 4.79 Å². The number of nitrogens with one attached hydrogen (secondary N) is 2. The van der Waals surface area contributed by atoms with Gasteiger partial charge in [0, 0.05) is 30.1 Å². The van der Waals surface area contributed by atoms with Gasteiger partial charge in [0.1, 0.15) is 17.9 Å². The number of fused-ring (bicyclic) bond motifs is 1. The molecule has 3 aromatic rings. The summed E-state index contributed by atoms with van der Waals surface area (Å²) in [6, 6.07) is 14.0. The van der Waals surface area contributed by atoms with Crippen molar-refractivity contribution < 1.29 is 9.53 Å². The smallest absolute Gasteiger partial charge is 0.248 e. The van der Waals surface area contributed by atoms with Crippen LogP contribution in [0.1, 0.15) is 31.4 Å². The zero-order chi connectivity index (χ0) is 23.2. The summed E-state index contributed by atoms with van der Waals surface area (Å²) < 4.78 is 6.08. The first kappa shape index (κ1) is 22.7. The van der Waals surface area contributed by atoms with Gasteiger partial charge in [0.05, 0.1) is 17.8 Å². The van der Waals surface area contributed by atoms with Gasteiger partial charge >= 0.3 is 0 Å². The van der Waals surface area contributed by atoms with Crippen molar-refractivity contribution in [3.8, 4) is 5.75 Å². The highest BCUT2D eigenvalue weighted by molar-refractivity contribution is 6.03. The summed E-state index contributed by atoms with van der Waals surface area (Å²) in [4.78, 5) is 23.5. The van der Waals surface area contributed by atoms with Crippen molar-refractivity contribution in [3.63, 3.8) is 0 Å². The van der Waals surface area contributed by atoms with Gasteiger partial charge < -0.3 is 20.3 Å². The molecule has 1 aromatic heterocycles. The van der Waals surface area contributed by atoms with E-state index in [0.717, 1.165) is 16.5 Å². The molecule has 1 heterocycles. The van der Waals surface area contributed by atoms with Gasteiger partial charge in [-0.2, -0.15) is 0 Å². The van der Waals surface area contributed by atoms with Gasteiger partial charge in [0.25, 0.3) is 0 Å². The number of likely N-dealkylation sites (N-methyl/N-ethyl adjacent to an activating group) is 1. The maximum absolute atomic E-state index is 12.6. The highest BCUT2D eigenvalue weighted by atomic mass is 16.5. The van der Waals surface area contributed by atoms with Crippen LogP contribution in [0.5, 0.6) is 5.75 Å². The quantitative estimate of drug-likeness (QED) is 0.442. The molecule has 1 amide bonds. The summed E-state index contributed by atoms with van der Waals surface area (Å²) in [5.74, 6) is 1.74. The predicted molar refractivity (Wildman–Crippen MR) is 133 cm³/mol. The molecule has 0 saturated heterocycles. The maximum atomic E-state index is 12.6. The maximum Gasteiger partial charge on any atom is 0.248 e. The Hall–Kier alpha value is -3.45. The van der Waals surface area contributed by atoms with Gasteiger partial charge in [-0.3, -0.25) is 4.79 Å². The van der Waals surface area contributed by atoms with Gasteiger partial charge in [-0.05, 0) is 51.4 Å². The third kappa shape index (κ3) is 6.29. The molecule has 1 atom stereocenters. The molecule has 1 unspecified atom stereocenters. The first-order chi connectivity index (χ1) is 16.0. The number of carbonyl (C=O) groups excluding carboxylic acids is 1. The number of amides is 1. The minimum Gasteiger partial charge on any atom is -0.491 e. The second-order valence-electron chi connectivity index (χ2n) is 8.77. The molecule has 4 rings (SSSR count). The number of nitrogens with zero attached hydrogens (tertiary/aromatic N) is 3. The lowest BCUT2D eigenvalue weighted by atomic mass is 10.1. The monoisotopic (exact) mass is 445 g/mol. The van der Waals surface area contributed by atoms with Crippen molar-refractivity contribution in [2.45, 2.75) is 25.8 Å². The lowest BCUT2D eigenvalue weighted by Gasteiger charge is -2.18. The average Bonchev–Trinajstić information content (AvgIpc) is 3.63. The molecule has 1 aliphatic carbocycles. The zero-order valence-corrected chi connectivity index (χ0v) is 19.4. The van der Waals surface area contributed by atoms with Gasteiger partial charge in [-0.15, -0.1) is 0 Å². The van der Waals surface area contributed by atoms with E-state index in [9.17, 15) is 4.79 Å². The first-order valence-electron chi connectivity index (χ1n) is 11.3. The standard InChI is InChI=1S/C26H31N5O2/c1-18(20-8-5-4-6-9-20)29-26-21-14-23(30-25(32)10-7-13-31(2)3)24(33-16-19-11-12-19)15-22(21)27-17-28-26/h4-10,14-15,17-19H,11-13,16H2,1-3H3,(H,30,32)(H,27,28,29). The predicted octanol–water partition coefficient (Wildman–Crippen LogP) is 4.65. The fourth-order valence-electron chi connectivity index (χ4n) is 3.48. The Kier molecular flexibility index (Phi) is 7.19. The van der Waals surface area contributed by atoms with E-state index in [-0.39, 0.29) is 11.9 Å². The molecule has 7 nitrogen and oxygen atoms in total. The summed E-state index contributed by atoms with van der Waals surface area (Å²) in [5, 5.41) is 7.29. The second-order valence-corrected chi connectivity index (χ2v) is 8.77. The van der Waals surface area contributed by atoms with Crippen LogP contribution in [0.15, 0.2) is 60.9 Å². The Balaban J connectivity index is 1.62. The van der Waals surface area contributed by atoms with Crippen LogP contribution in [0.3, 0.4) is 0 Å². The number of ether oxygens (including phenoxy) is 1. The van der Waals surface area contributed by atoms with Crippen LogP contribution < -0.4 is 15.4 Å². The van der Waals surface area contributed by atoms with Gasteiger partial charge in [-0.25, -0.2) is 9.97 Å². The fraction of sp³-hybridized carbons (Fsp3) is 0.346. The van der Waals surface area contributed by atoms with E-state index >= 15 is 0 Å². The van der Waals surface area contributed by atoms with E-state index in [1.165, 1.54) is 12.8 Å². The Morgan fingerprint density at radius 2 is 2.00 bits per heavy atom. The molecule has 0 bridgehead atoms. The summed E-state index contributed by atoms with van der Waals surface area (Å²) in [6.45, 7) is 3.43. The molecule has 0 radical (unpaired) electrons. The van der Waals surface area contributed by atoms with Crippen molar-refractivity contribution in [1.29, 1.82) is 0 Å². The fourth-order valence-corrected chi connectivity index (χ4v) is 3.48. The number of benzene rings is 2. The van der Waals surface area contributed by atoms with Crippen LogP contribution in [0, 0.1) is 5.92 Å². The Morgan fingerprint density at radius 1 is 1.21 bits per heavy atom. The molecule has 1 fully saturated rings. The third-order valence-electron chi connectivity index (χ3n) is 5.56. The molecular formula is C26H31N5O2. The summed E-state index contributed by atoms with van der Waals surface area (Å²) in [5.41, 5.74) is 2.54. The first-order valence-corrected chi connectivity index (χ1v) is 11.3. The highest BCUT2D eigenvalue weighted by Crippen LogP contribution is 2.36. The Bertz CT molecular complexity index is 1130. The van der Waals surface area contributed by atoms with Crippen LogP contribution in [0.25, 0.3) is 10.9 Å². The van der Waals surface area contributed by atoms with Crippen molar-refractivity contribution in [2.24, 2.45) is 5.92 Å². The van der Waals surface area contributed by atoms with E-state index in [2.05, 4.69) is 39.7 Å². The topological polar surface area (TPSA) is 79.4 Å². The SMILES string of the molecule is CC(Nc1ncnc2cc(OCC3CC3)c(NC(=O)C=CCN(C)C)cc12)c1ccccc1. The zero-order valence-electron chi connectivity index (χ0n) is 19.4. The highest BCUT2D eigenvalue weighted by Gasteiger charge is 2.23. The van der Waals surface area contributed by atoms with E-state index in [4.69, 9.17) is 4.74 Å². The average molecular weight is 446 g/mol. The summed E-state index contributed by atoms with van der Waals surface area (Å²) in [6.07, 6.45) is 7.31.